The van der Waals surface area contributed by atoms with E-state index in [4.69, 9.17) is 0 Å². The lowest BCUT2D eigenvalue weighted by Gasteiger charge is -2.14. The average molecular weight is 340 g/mol. The first-order chi connectivity index (χ1) is 9.26. The van der Waals surface area contributed by atoms with Crippen LogP contribution in [0.15, 0.2) is 29.6 Å². The van der Waals surface area contributed by atoms with Crippen molar-refractivity contribution in [3.63, 3.8) is 0 Å². The molecule has 0 aliphatic heterocycles. The number of carbonyl (C=O) groups is 1. The van der Waals surface area contributed by atoms with Gasteiger partial charge >= 0.3 is 0 Å². The number of thiophene rings is 1. The molecule has 0 fully saturated rings. The minimum atomic E-state index is 0.0467. The molecule has 1 unspecified atom stereocenters. The van der Waals surface area contributed by atoms with Gasteiger partial charge in [-0.05, 0) is 18.4 Å². The number of halogens is 1. The van der Waals surface area contributed by atoms with Gasteiger partial charge in [-0.2, -0.15) is 0 Å². The van der Waals surface area contributed by atoms with E-state index in [2.05, 4.69) is 34.2 Å². The van der Waals surface area contributed by atoms with Crippen molar-refractivity contribution in [2.45, 2.75) is 19.8 Å². The summed E-state index contributed by atoms with van der Waals surface area (Å²) in [6.45, 7) is 2.92. The van der Waals surface area contributed by atoms with Crippen LogP contribution in [0.5, 0.6) is 0 Å². The molecule has 2 aromatic rings. The van der Waals surface area contributed by atoms with E-state index in [0.717, 1.165) is 35.7 Å². The number of rotatable bonds is 6. The molecule has 1 N–H and O–H groups in total. The van der Waals surface area contributed by atoms with E-state index >= 15 is 0 Å². The highest BCUT2D eigenvalue weighted by atomic mass is 79.9. The Kier molecular flexibility index (Phi) is 5.40. The number of alkyl halides is 1. The molecule has 19 heavy (non-hydrogen) atoms. The summed E-state index contributed by atoms with van der Waals surface area (Å²) in [6.07, 6.45) is 2.19. The fourth-order valence-corrected chi connectivity index (χ4v) is 3.68. The first-order valence-corrected chi connectivity index (χ1v) is 8.56. The van der Waals surface area contributed by atoms with Crippen molar-refractivity contribution in [3.05, 3.63) is 35.2 Å². The van der Waals surface area contributed by atoms with Gasteiger partial charge in [0.25, 0.3) is 5.91 Å². The molecule has 0 aliphatic rings. The molecule has 1 atom stereocenters. The van der Waals surface area contributed by atoms with Gasteiger partial charge in [-0.3, -0.25) is 4.79 Å². The van der Waals surface area contributed by atoms with Crippen molar-refractivity contribution >= 4 is 43.3 Å². The van der Waals surface area contributed by atoms with Crippen LogP contribution in [-0.2, 0) is 0 Å². The molecule has 0 saturated heterocycles. The van der Waals surface area contributed by atoms with Crippen molar-refractivity contribution in [2.24, 2.45) is 5.92 Å². The molecule has 1 aromatic heterocycles. The fourth-order valence-electron chi connectivity index (χ4n) is 2.09. The van der Waals surface area contributed by atoms with Gasteiger partial charge < -0.3 is 5.32 Å². The summed E-state index contributed by atoms with van der Waals surface area (Å²) in [7, 11) is 0. The largest absolute Gasteiger partial charge is 0.352 e. The van der Waals surface area contributed by atoms with Gasteiger partial charge in [0.1, 0.15) is 0 Å². The smallest absolute Gasteiger partial charge is 0.252 e. The van der Waals surface area contributed by atoms with Crippen LogP contribution in [0.25, 0.3) is 10.1 Å². The molecule has 2 rings (SSSR count). The highest BCUT2D eigenvalue weighted by Crippen LogP contribution is 2.25. The maximum absolute atomic E-state index is 12.2. The summed E-state index contributed by atoms with van der Waals surface area (Å²) >= 11 is 5.08. The van der Waals surface area contributed by atoms with E-state index in [-0.39, 0.29) is 5.91 Å². The van der Waals surface area contributed by atoms with Crippen LogP contribution >= 0.6 is 27.3 Å². The number of fused-ring (bicyclic) bond motifs is 1. The topological polar surface area (TPSA) is 29.1 Å². The minimum Gasteiger partial charge on any atom is -0.352 e. The first kappa shape index (κ1) is 14.5. The van der Waals surface area contributed by atoms with Gasteiger partial charge in [-0.25, -0.2) is 0 Å². The number of amides is 1. The van der Waals surface area contributed by atoms with E-state index in [1.807, 2.05) is 23.6 Å². The zero-order chi connectivity index (χ0) is 13.7. The highest BCUT2D eigenvalue weighted by molar-refractivity contribution is 9.09. The monoisotopic (exact) mass is 339 g/mol. The number of hydrogen-bond acceptors (Lipinski definition) is 2. The normalized spacial score (nSPS) is 12.5. The maximum atomic E-state index is 12.2. The standard InChI is InChI=1S/C15H18BrNOS/c1-2-11(7-8-16)9-17-15(18)13-10-19-14-6-4-3-5-12(13)14/h3-6,10-11H,2,7-9H2,1H3,(H,17,18). The summed E-state index contributed by atoms with van der Waals surface area (Å²) in [5.74, 6) is 0.596. The van der Waals surface area contributed by atoms with Crippen LogP contribution in [-0.4, -0.2) is 17.8 Å². The summed E-state index contributed by atoms with van der Waals surface area (Å²) in [4.78, 5) is 12.2. The lowest BCUT2D eigenvalue weighted by molar-refractivity contribution is 0.0948. The molecule has 102 valence electrons. The maximum Gasteiger partial charge on any atom is 0.252 e. The van der Waals surface area contributed by atoms with Gasteiger partial charge in [-0.1, -0.05) is 47.5 Å². The third kappa shape index (κ3) is 3.57. The van der Waals surface area contributed by atoms with E-state index in [1.54, 1.807) is 11.3 Å². The fraction of sp³-hybridized carbons (Fsp3) is 0.400. The molecule has 4 heteroatoms. The summed E-state index contributed by atoms with van der Waals surface area (Å²) < 4.78 is 1.17. The second-order valence-electron chi connectivity index (χ2n) is 4.61. The molecule has 1 amide bonds. The molecule has 0 radical (unpaired) electrons. The van der Waals surface area contributed by atoms with E-state index in [9.17, 15) is 4.79 Å². The van der Waals surface area contributed by atoms with Crippen LogP contribution in [0.4, 0.5) is 0 Å². The number of benzene rings is 1. The van der Waals surface area contributed by atoms with Crippen molar-refractivity contribution in [1.29, 1.82) is 0 Å². The van der Waals surface area contributed by atoms with E-state index in [0.29, 0.717) is 5.92 Å². The molecule has 2 nitrogen and oxygen atoms in total. The quantitative estimate of drug-likeness (QED) is 0.774. The van der Waals surface area contributed by atoms with Gasteiger partial charge in [0, 0.05) is 27.3 Å². The van der Waals surface area contributed by atoms with Crippen molar-refractivity contribution in [2.75, 3.05) is 11.9 Å². The van der Waals surface area contributed by atoms with Crippen molar-refractivity contribution < 1.29 is 4.79 Å². The summed E-state index contributed by atoms with van der Waals surface area (Å²) in [5, 5.41) is 7.05. The lowest BCUT2D eigenvalue weighted by Crippen LogP contribution is -2.29. The van der Waals surface area contributed by atoms with Crippen LogP contribution in [0, 0.1) is 5.92 Å². The zero-order valence-electron chi connectivity index (χ0n) is 11.0. The van der Waals surface area contributed by atoms with Gasteiger partial charge in [0.05, 0.1) is 5.56 Å². The number of nitrogens with one attached hydrogen (secondary N) is 1. The predicted octanol–water partition coefficient (Wildman–Crippen LogP) is 4.44. The highest BCUT2D eigenvalue weighted by Gasteiger charge is 2.13. The molecular formula is C15H18BrNOS. The average Bonchev–Trinajstić information content (AvgIpc) is 2.87. The van der Waals surface area contributed by atoms with Gasteiger partial charge in [-0.15, -0.1) is 11.3 Å². The third-order valence-electron chi connectivity index (χ3n) is 3.37. The summed E-state index contributed by atoms with van der Waals surface area (Å²) in [5.41, 5.74) is 0.800. The molecular weight excluding hydrogens is 322 g/mol. The van der Waals surface area contributed by atoms with Gasteiger partial charge in [0.15, 0.2) is 0 Å². The van der Waals surface area contributed by atoms with Crippen LogP contribution in [0.3, 0.4) is 0 Å². The lowest BCUT2D eigenvalue weighted by atomic mass is 10.0. The number of carbonyl (C=O) groups excluding carboxylic acids is 1. The second kappa shape index (κ2) is 7.06. The molecule has 0 saturated carbocycles. The Labute approximate surface area is 126 Å². The Bertz CT molecular complexity index is 552. The second-order valence-corrected chi connectivity index (χ2v) is 6.31. The predicted molar refractivity (Wildman–Crippen MR) is 86.4 cm³/mol. The summed E-state index contributed by atoms with van der Waals surface area (Å²) in [6, 6.07) is 8.04. The Balaban J connectivity index is 2.04. The van der Waals surface area contributed by atoms with Crippen LogP contribution in [0.1, 0.15) is 30.1 Å². The Morgan fingerprint density at radius 3 is 2.95 bits per heavy atom. The van der Waals surface area contributed by atoms with Crippen molar-refractivity contribution in [1.82, 2.24) is 5.32 Å². The molecule has 1 aromatic carbocycles. The van der Waals surface area contributed by atoms with Crippen LogP contribution in [0.2, 0.25) is 0 Å². The van der Waals surface area contributed by atoms with Crippen molar-refractivity contribution in [3.8, 4) is 0 Å². The molecule has 1 heterocycles. The minimum absolute atomic E-state index is 0.0467. The van der Waals surface area contributed by atoms with E-state index < -0.39 is 0 Å². The Hall–Kier alpha value is -0.870. The molecule has 0 bridgehead atoms. The number of hydrogen-bond donors (Lipinski definition) is 1. The van der Waals surface area contributed by atoms with E-state index in [1.165, 1.54) is 4.70 Å². The third-order valence-corrected chi connectivity index (χ3v) is 4.79. The molecule has 0 aliphatic carbocycles. The molecule has 0 spiro atoms. The van der Waals surface area contributed by atoms with Gasteiger partial charge in [0.2, 0.25) is 0 Å². The Morgan fingerprint density at radius 2 is 2.21 bits per heavy atom. The first-order valence-electron chi connectivity index (χ1n) is 6.56. The SMILES string of the molecule is CCC(CCBr)CNC(=O)c1csc2ccccc12. The Morgan fingerprint density at radius 1 is 1.42 bits per heavy atom. The zero-order valence-corrected chi connectivity index (χ0v) is 13.4. The van der Waals surface area contributed by atoms with Crippen LogP contribution < -0.4 is 5.32 Å².